The van der Waals surface area contributed by atoms with E-state index >= 15 is 0 Å². The summed E-state index contributed by atoms with van der Waals surface area (Å²) in [5.41, 5.74) is 0.799. The molecule has 1 fully saturated rings. The molecule has 3 nitrogen and oxygen atoms in total. The van der Waals surface area contributed by atoms with Gasteiger partial charge in [0.1, 0.15) is 0 Å². The minimum absolute atomic E-state index is 0.387. The molecule has 1 rings (SSSR count). The molecule has 0 radical (unpaired) electrons. The van der Waals surface area contributed by atoms with E-state index in [0.29, 0.717) is 11.1 Å². The molecule has 0 unspecified atom stereocenters. The number of cyclic esters (lactones) is 2. The highest BCUT2D eigenvalue weighted by Gasteiger charge is 2.31. The number of allylic oxidation sites excluding steroid dienone is 2. The molecule has 0 spiro atoms. The zero-order chi connectivity index (χ0) is 9.84. The summed E-state index contributed by atoms with van der Waals surface area (Å²) in [4.78, 5) is 22.1. The van der Waals surface area contributed by atoms with Gasteiger partial charge in [-0.3, -0.25) is 0 Å². The van der Waals surface area contributed by atoms with Gasteiger partial charge in [-0.05, 0) is 13.3 Å². The van der Waals surface area contributed by atoms with Crippen LogP contribution in [-0.4, -0.2) is 11.9 Å². The van der Waals surface area contributed by atoms with Gasteiger partial charge in [0, 0.05) is 0 Å². The Morgan fingerprint density at radius 1 is 1.23 bits per heavy atom. The topological polar surface area (TPSA) is 43.4 Å². The number of hydrogen-bond acceptors (Lipinski definition) is 3. The monoisotopic (exact) mass is 180 g/mol. The van der Waals surface area contributed by atoms with Crippen LogP contribution in [-0.2, 0) is 14.3 Å². The van der Waals surface area contributed by atoms with E-state index in [1.54, 1.807) is 19.1 Å². The van der Waals surface area contributed by atoms with Crippen LogP contribution in [0.25, 0.3) is 0 Å². The fourth-order valence-electron chi connectivity index (χ4n) is 1.17. The zero-order valence-electron chi connectivity index (χ0n) is 7.79. The Labute approximate surface area is 77.1 Å². The largest absolute Gasteiger partial charge is 0.386 e. The quantitative estimate of drug-likeness (QED) is 0.369. The van der Waals surface area contributed by atoms with Gasteiger partial charge in [0.25, 0.3) is 0 Å². The average molecular weight is 180 g/mol. The Balaban J connectivity index is 2.94. The second kappa shape index (κ2) is 4.03. The van der Waals surface area contributed by atoms with Gasteiger partial charge in [-0.15, -0.1) is 0 Å². The van der Waals surface area contributed by atoms with E-state index in [1.807, 2.05) is 6.92 Å². The number of ether oxygens (including phenoxy) is 1. The number of carbonyl (C=O) groups excluding carboxylic acids is 2. The molecule has 0 bridgehead atoms. The molecule has 0 saturated carbocycles. The highest BCUT2D eigenvalue weighted by atomic mass is 16.6. The predicted octanol–water partition coefficient (Wildman–Crippen LogP) is 1.74. The number of unbranched alkanes of at least 4 members (excludes halogenated alkanes) is 1. The SMILES string of the molecule is CC=C1C(=O)OC(=O)C1=CCCC. The number of hydrogen-bond donors (Lipinski definition) is 0. The van der Waals surface area contributed by atoms with E-state index in [2.05, 4.69) is 4.74 Å². The Morgan fingerprint density at radius 2 is 1.85 bits per heavy atom. The van der Waals surface area contributed by atoms with Crippen LogP contribution in [0.3, 0.4) is 0 Å². The number of rotatable bonds is 2. The van der Waals surface area contributed by atoms with Gasteiger partial charge in [0.05, 0.1) is 11.1 Å². The molecule has 0 aromatic rings. The summed E-state index contributed by atoms with van der Waals surface area (Å²) in [6.45, 7) is 3.73. The Kier molecular flexibility index (Phi) is 3.01. The van der Waals surface area contributed by atoms with Crippen molar-refractivity contribution in [3.05, 3.63) is 23.3 Å². The van der Waals surface area contributed by atoms with Gasteiger partial charge in [-0.2, -0.15) is 0 Å². The highest BCUT2D eigenvalue weighted by molar-refractivity contribution is 6.18. The molecule has 13 heavy (non-hydrogen) atoms. The van der Waals surface area contributed by atoms with Crippen LogP contribution in [0.4, 0.5) is 0 Å². The second-order valence-electron chi connectivity index (χ2n) is 2.79. The molecule has 0 N–H and O–H groups in total. The first-order valence-electron chi connectivity index (χ1n) is 4.34. The Hall–Kier alpha value is -1.38. The lowest BCUT2D eigenvalue weighted by atomic mass is 10.1. The molecule has 0 aromatic carbocycles. The second-order valence-corrected chi connectivity index (χ2v) is 2.79. The van der Waals surface area contributed by atoms with E-state index in [1.165, 1.54) is 0 Å². The fraction of sp³-hybridized carbons (Fsp3) is 0.400. The number of carbonyl (C=O) groups is 2. The summed E-state index contributed by atoms with van der Waals surface area (Å²) >= 11 is 0. The lowest BCUT2D eigenvalue weighted by molar-refractivity contribution is -0.149. The standard InChI is InChI=1S/C10H12O3/c1-3-5-6-8-7(4-2)9(11)13-10(8)12/h4,6H,3,5H2,1-2H3. The molecule has 0 amide bonds. The predicted molar refractivity (Wildman–Crippen MR) is 47.8 cm³/mol. The van der Waals surface area contributed by atoms with E-state index < -0.39 is 11.9 Å². The lowest BCUT2D eigenvalue weighted by Gasteiger charge is -1.91. The molecule has 1 heterocycles. The van der Waals surface area contributed by atoms with Crippen molar-refractivity contribution in [2.24, 2.45) is 0 Å². The van der Waals surface area contributed by atoms with Gasteiger partial charge in [-0.25, -0.2) is 9.59 Å². The van der Waals surface area contributed by atoms with E-state index in [-0.39, 0.29) is 0 Å². The molecule has 0 aliphatic carbocycles. The van der Waals surface area contributed by atoms with E-state index in [0.717, 1.165) is 12.8 Å². The molecule has 1 saturated heterocycles. The van der Waals surface area contributed by atoms with E-state index in [9.17, 15) is 9.59 Å². The molecule has 1 aliphatic heterocycles. The molecule has 3 heteroatoms. The Bertz CT molecular complexity index is 297. The lowest BCUT2D eigenvalue weighted by Crippen LogP contribution is -1.97. The average Bonchev–Trinajstić information content (AvgIpc) is 2.37. The summed E-state index contributed by atoms with van der Waals surface area (Å²) in [5, 5.41) is 0. The maximum Gasteiger partial charge on any atom is 0.346 e. The van der Waals surface area contributed by atoms with Gasteiger partial charge < -0.3 is 4.74 Å². The maximum atomic E-state index is 11.1. The van der Waals surface area contributed by atoms with Crippen molar-refractivity contribution in [1.29, 1.82) is 0 Å². The molecular formula is C10H12O3. The molecule has 70 valence electrons. The van der Waals surface area contributed by atoms with Crippen LogP contribution in [0.15, 0.2) is 23.3 Å². The van der Waals surface area contributed by atoms with Crippen LogP contribution in [0.2, 0.25) is 0 Å². The fourth-order valence-corrected chi connectivity index (χ4v) is 1.17. The third-order valence-electron chi connectivity index (χ3n) is 1.84. The normalized spacial score (nSPS) is 22.9. The first-order valence-corrected chi connectivity index (χ1v) is 4.34. The van der Waals surface area contributed by atoms with Gasteiger partial charge in [0.2, 0.25) is 0 Å². The van der Waals surface area contributed by atoms with Crippen LogP contribution in [0.1, 0.15) is 26.7 Å². The minimum Gasteiger partial charge on any atom is -0.386 e. The van der Waals surface area contributed by atoms with Gasteiger partial charge >= 0.3 is 11.9 Å². The highest BCUT2D eigenvalue weighted by Crippen LogP contribution is 2.22. The molecular weight excluding hydrogens is 168 g/mol. The van der Waals surface area contributed by atoms with Crippen molar-refractivity contribution in [3.63, 3.8) is 0 Å². The zero-order valence-corrected chi connectivity index (χ0v) is 7.79. The van der Waals surface area contributed by atoms with Crippen molar-refractivity contribution < 1.29 is 14.3 Å². The van der Waals surface area contributed by atoms with Crippen molar-refractivity contribution >= 4 is 11.9 Å². The van der Waals surface area contributed by atoms with E-state index in [4.69, 9.17) is 0 Å². The third kappa shape index (κ3) is 1.86. The number of esters is 2. The maximum absolute atomic E-state index is 11.1. The first-order chi connectivity index (χ1) is 6.20. The summed E-state index contributed by atoms with van der Waals surface area (Å²) in [5.74, 6) is -1.05. The third-order valence-corrected chi connectivity index (χ3v) is 1.84. The van der Waals surface area contributed by atoms with Crippen molar-refractivity contribution in [2.75, 3.05) is 0 Å². The van der Waals surface area contributed by atoms with Crippen molar-refractivity contribution in [1.82, 2.24) is 0 Å². The smallest absolute Gasteiger partial charge is 0.346 e. The van der Waals surface area contributed by atoms with Crippen LogP contribution >= 0.6 is 0 Å². The molecule has 1 aliphatic rings. The Morgan fingerprint density at radius 3 is 2.38 bits per heavy atom. The molecule has 0 aromatic heterocycles. The summed E-state index contributed by atoms with van der Waals surface area (Å²) in [6, 6.07) is 0. The summed E-state index contributed by atoms with van der Waals surface area (Å²) < 4.78 is 4.46. The van der Waals surface area contributed by atoms with Crippen LogP contribution < -0.4 is 0 Å². The van der Waals surface area contributed by atoms with Gasteiger partial charge in [0.15, 0.2) is 0 Å². The first kappa shape index (κ1) is 9.71. The molecule has 0 atom stereocenters. The van der Waals surface area contributed by atoms with Crippen molar-refractivity contribution in [2.45, 2.75) is 26.7 Å². The van der Waals surface area contributed by atoms with Crippen molar-refractivity contribution in [3.8, 4) is 0 Å². The summed E-state index contributed by atoms with van der Waals surface area (Å²) in [6.07, 6.45) is 5.09. The van der Waals surface area contributed by atoms with Crippen LogP contribution in [0.5, 0.6) is 0 Å². The minimum atomic E-state index is -0.533. The summed E-state index contributed by atoms with van der Waals surface area (Å²) in [7, 11) is 0. The van der Waals surface area contributed by atoms with Gasteiger partial charge in [-0.1, -0.05) is 25.5 Å². The van der Waals surface area contributed by atoms with Crippen LogP contribution in [0, 0.1) is 0 Å².